The summed E-state index contributed by atoms with van der Waals surface area (Å²) in [6.07, 6.45) is -4.68. The van der Waals surface area contributed by atoms with E-state index in [0.29, 0.717) is 5.56 Å². The number of nitrogens with zero attached hydrogens (tertiary/aromatic N) is 1. The lowest BCUT2D eigenvalue weighted by Gasteiger charge is -2.24. The SMILES string of the molecule is O=C(OC[C@H]1O[C@@H](c2nc(C(=O)O)cs2)[C@H](OC(=O)c2ccccc2)[C@@H]1OC(=O)c1ccccc1)c1ccccc1. The minimum absolute atomic E-state index is 0.186. The van der Waals surface area contributed by atoms with Crippen LogP contribution in [0.4, 0.5) is 0 Å². The molecular weight excluding hydrogens is 550 g/mol. The van der Waals surface area contributed by atoms with Crippen molar-refractivity contribution in [3.05, 3.63) is 124 Å². The van der Waals surface area contributed by atoms with Gasteiger partial charge in [0, 0.05) is 5.38 Å². The van der Waals surface area contributed by atoms with E-state index in [1.807, 2.05) is 0 Å². The van der Waals surface area contributed by atoms with E-state index in [0.717, 1.165) is 11.3 Å². The molecule has 1 aliphatic rings. The molecule has 0 bridgehead atoms. The molecule has 4 atom stereocenters. The molecule has 0 spiro atoms. The Balaban J connectivity index is 1.47. The number of hydrogen-bond donors (Lipinski definition) is 1. The van der Waals surface area contributed by atoms with E-state index >= 15 is 0 Å². The highest BCUT2D eigenvalue weighted by Crippen LogP contribution is 2.39. The lowest BCUT2D eigenvalue weighted by atomic mass is 10.1. The fourth-order valence-corrected chi connectivity index (χ4v) is 5.06. The van der Waals surface area contributed by atoms with Gasteiger partial charge in [0.05, 0.1) is 16.7 Å². The van der Waals surface area contributed by atoms with E-state index in [4.69, 9.17) is 18.9 Å². The first kappa shape index (κ1) is 27.7. The van der Waals surface area contributed by atoms with Gasteiger partial charge in [0.1, 0.15) is 17.7 Å². The normalized spacial score (nSPS) is 19.7. The van der Waals surface area contributed by atoms with Gasteiger partial charge in [-0.15, -0.1) is 11.3 Å². The van der Waals surface area contributed by atoms with Crippen molar-refractivity contribution in [2.45, 2.75) is 24.4 Å². The van der Waals surface area contributed by atoms with E-state index in [9.17, 15) is 24.3 Å². The standard InChI is InChI=1S/C30H23NO9S/c32-27(33)21-17-41-26(31-21)25-24(40-30(36)20-14-8-3-9-15-20)23(39-29(35)19-12-6-2-7-13-19)22(38-25)16-37-28(34)18-10-4-1-5-11-18/h1-15,17,22-25H,16H2,(H,32,33)/t22-,23-,24-,25-/m1/s1. The fourth-order valence-electron chi connectivity index (χ4n) is 4.20. The molecule has 2 heterocycles. The predicted octanol–water partition coefficient (Wildman–Crippen LogP) is 4.59. The van der Waals surface area contributed by atoms with Crippen LogP contribution < -0.4 is 0 Å². The fraction of sp³-hybridized carbons (Fsp3) is 0.167. The van der Waals surface area contributed by atoms with E-state index < -0.39 is 48.3 Å². The molecule has 3 aromatic carbocycles. The summed E-state index contributed by atoms with van der Waals surface area (Å²) in [7, 11) is 0. The first-order chi connectivity index (χ1) is 19.9. The average Bonchev–Trinajstić information content (AvgIpc) is 3.63. The third-order valence-electron chi connectivity index (χ3n) is 6.19. The smallest absolute Gasteiger partial charge is 0.355 e. The molecule has 11 heteroatoms. The van der Waals surface area contributed by atoms with Gasteiger partial charge in [0.15, 0.2) is 24.0 Å². The van der Waals surface area contributed by atoms with Crippen molar-refractivity contribution in [3.63, 3.8) is 0 Å². The number of aromatic carboxylic acids is 1. The van der Waals surface area contributed by atoms with Gasteiger partial charge < -0.3 is 24.1 Å². The van der Waals surface area contributed by atoms with Crippen LogP contribution >= 0.6 is 11.3 Å². The number of aromatic nitrogens is 1. The highest BCUT2D eigenvalue weighted by molar-refractivity contribution is 7.09. The second-order valence-electron chi connectivity index (χ2n) is 8.91. The number of ether oxygens (including phenoxy) is 4. The van der Waals surface area contributed by atoms with Crippen LogP contribution in [0.5, 0.6) is 0 Å². The number of hydrogen-bond acceptors (Lipinski definition) is 10. The number of carbonyl (C=O) groups is 4. The molecule has 1 fully saturated rings. The summed E-state index contributed by atoms with van der Waals surface area (Å²) in [4.78, 5) is 54.6. The second kappa shape index (κ2) is 12.5. The van der Waals surface area contributed by atoms with Gasteiger partial charge in [-0.05, 0) is 36.4 Å². The van der Waals surface area contributed by atoms with Crippen LogP contribution in [0.3, 0.4) is 0 Å². The molecule has 1 saturated heterocycles. The molecule has 0 aliphatic carbocycles. The molecule has 1 aromatic heterocycles. The van der Waals surface area contributed by atoms with Gasteiger partial charge in [0.25, 0.3) is 0 Å². The van der Waals surface area contributed by atoms with Crippen molar-refractivity contribution >= 4 is 35.2 Å². The maximum absolute atomic E-state index is 13.1. The van der Waals surface area contributed by atoms with Gasteiger partial charge in [-0.25, -0.2) is 24.2 Å². The monoisotopic (exact) mass is 573 g/mol. The Kier molecular flexibility index (Phi) is 8.47. The van der Waals surface area contributed by atoms with Gasteiger partial charge >= 0.3 is 23.9 Å². The lowest BCUT2D eigenvalue weighted by molar-refractivity contribution is -0.0450. The van der Waals surface area contributed by atoms with Crippen LogP contribution in [0.2, 0.25) is 0 Å². The Hall–Kier alpha value is -4.87. The summed E-state index contributed by atoms with van der Waals surface area (Å²) in [5, 5.41) is 10.9. The van der Waals surface area contributed by atoms with Crippen molar-refractivity contribution in [1.82, 2.24) is 4.98 Å². The molecule has 41 heavy (non-hydrogen) atoms. The van der Waals surface area contributed by atoms with Crippen LogP contribution in [0.1, 0.15) is 52.7 Å². The zero-order chi connectivity index (χ0) is 28.8. The van der Waals surface area contributed by atoms with E-state index in [1.165, 1.54) is 5.38 Å². The van der Waals surface area contributed by atoms with Gasteiger partial charge in [-0.1, -0.05) is 54.6 Å². The topological polar surface area (TPSA) is 138 Å². The van der Waals surface area contributed by atoms with Crippen LogP contribution in [0.25, 0.3) is 0 Å². The third kappa shape index (κ3) is 6.48. The highest BCUT2D eigenvalue weighted by atomic mass is 32.1. The largest absolute Gasteiger partial charge is 0.476 e. The summed E-state index contributed by atoms with van der Waals surface area (Å²) in [5.74, 6) is -3.32. The van der Waals surface area contributed by atoms with Crippen molar-refractivity contribution in [3.8, 4) is 0 Å². The maximum Gasteiger partial charge on any atom is 0.355 e. The number of benzene rings is 3. The number of rotatable bonds is 9. The highest BCUT2D eigenvalue weighted by Gasteiger charge is 2.52. The Bertz CT molecular complexity index is 1530. The van der Waals surface area contributed by atoms with Crippen molar-refractivity contribution in [2.75, 3.05) is 6.61 Å². The van der Waals surface area contributed by atoms with E-state index in [-0.39, 0.29) is 28.4 Å². The lowest BCUT2D eigenvalue weighted by Crippen LogP contribution is -2.40. The Labute approximate surface area is 238 Å². The third-order valence-corrected chi connectivity index (χ3v) is 7.09. The van der Waals surface area contributed by atoms with Crippen molar-refractivity contribution < 1.29 is 43.2 Å². The van der Waals surface area contributed by atoms with Gasteiger partial charge in [0.2, 0.25) is 0 Å². The molecule has 4 aromatic rings. The van der Waals surface area contributed by atoms with E-state index in [1.54, 1.807) is 91.0 Å². The molecule has 0 radical (unpaired) electrons. The Morgan fingerprint density at radius 3 is 1.71 bits per heavy atom. The number of carbonyl (C=O) groups excluding carboxylic acids is 3. The molecule has 10 nitrogen and oxygen atoms in total. The zero-order valence-corrected chi connectivity index (χ0v) is 22.1. The molecule has 0 amide bonds. The van der Waals surface area contributed by atoms with Gasteiger partial charge in [-0.2, -0.15) is 0 Å². The quantitative estimate of drug-likeness (QED) is 0.223. The van der Waals surface area contributed by atoms with Crippen molar-refractivity contribution in [2.24, 2.45) is 0 Å². The van der Waals surface area contributed by atoms with E-state index in [2.05, 4.69) is 4.98 Å². The Morgan fingerprint density at radius 2 is 1.22 bits per heavy atom. The second-order valence-corrected chi connectivity index (χ2v) is 9.80. The minimum Gasteiger partial charge on any atom is -0.476 e. The summed E-state index contributed by atoms with van der Waals surface area (Å²) in [6, 6.07) is 24.7. The first-order valence-corrected chi connectivity index (χ1v) is 13.4. The number of carboxylic acids is 1. The summed E-state index contributed by atoms with van der Waals surface area (Å²) in [5.41, 5.74) is 0.562. The molecule has 5 rings (SSSR count). The average molecular weight is 574 g/mol. The molecule has 208 valence electrons. The Morgan fingerprint density at radius 1 is 0.732 bits per heavy atom. The number of esters is 3. The maximum atomic E-state index is 13.1. The number of thiazole rings is 1. The summed E-state index contributed by atoms with van der Waals surface area (Å²) in [6.45, 7) is -0.354. The summed E-state index contributed by atoms with van der Waals surface area (Å²) < 4.78 is 23.3. The number of carboxylic acid groups (broad SMARTS) is 1. The molecule has 0 saturated carbocycles. The molecule has 1 aliphatic heterocycles. The van der Waals surface area contributed by atoms with Crippen LogP contribution in [0.15, 0.2) is 96.4 Å². The molecule has 0 unspecified atom stereocenters. The van der Waals surface area contributed by atoms with Crippen LogP contribution in [0, 0.1) is 0 Å². The zero-order valence-electron chi connectivity index (χ0n) is 21.3. The minimum atomic E-state index is -1.25. The summed E-state index contributed by atoms with van der Waals surface area (Å²) >= 11 is 0.986. The molecular formula is C30H23NO9S. The van der Waals surface area contributed by atoms with Crippen molar-refractivity contribution in [1.29, 1.82) is 0 Å². The van der Waals surface area contributed by atoms with Gasteiger partial charge in [-0.3, -0.25) is 0 Å². The van der Waals surface area contributed by atoms with Crippen LogP contribution in [-0.4, -0.2) is 58.9 Å². The first-order valence-electron chi connectivity index (χ1n) is 12.5. The van der Waals surface area contributed by atoms with Crippen LogP contribution in [-0.2, 0) is 18.9 Å². The predicted molar refractivity (Wildman–Crippen MR) is 145 cm³/mol. The molecule has 1 N–H and O–H groups in total.